The maximum atomic E-state index is 12.2. The molecule has 0 bridgehead atoms. The van der Waals surface area contributed by atoms with Gasteiger partial charge >= 0.3 is 0 Å². The number of nitrogens with zero attached hydrogens (tertiary/aromatic N) is 2. The third kappa shape index (κ3) is 3.94. The molecule has 7 heteroatoms. The summed E-state index contributed by atoms with van der Waals surface area (Å²) in [4.78, 5) is 12.2. The van der Waals surface area contributed by atoms with E-state index in [1.165, 1.54) is 0 Å². The van der Waals surface area contributed by atoms with Crippen molar-refractivity contribution in [3.8, 4) is 22.9 Å². The van der Waals surface area contributed by atoms with E-state index >= 15 is 0 Å². The van der Waals surface area contributed by atoms with Crippen molar-refractivity contribution in [3.63, 3.8) is 0 Å². The number of aryl methyl sites for hydroxylation is 1. The molecule has 148 valence electrons. The van der Waals surface area contributed by atoms with Crippen molar-refractivity contribution in [2.45, 2.75) is 13.5 Å². The van der Waals surface area contributed by atoms with Gasteiger partial charge in [0.05, 0.1) is 24.0 Å². The lowest BCUT2D eigenvalue weighted by atomic mass is 10.2. The van der Waals surface area contributed by atoms with Crippen LogP contribution in [0.2, 0.25) is 0 Å². The molecular formula is C22H22N4O3. The third-order valence-electron chi connectivity index (χ3n) is 4.66. The maximum absolute atomic E-state index is 12.2. The minimum Gasteiger partial charge on any atom is -0.497 e. The lowest BCUT2D eigenvalue weighted by molar-refractivity contribution is -0.118. The Labute approximate surface area is 168 Å². The molecule has 0 aliphatic heterocycles. The molecule has 0 saturated heterocycles. The smallest absolute Gasteiger partial charge is 0.263 e. The molecule has 0 unspecified atom stereocenters. The van der Waals surface area contributed by atoms with Crippen molar-refractivity contribution in [2.24, 2.45) is 0 Å². The van der Waals surface area contributed by atoms with Gasteiger partial charge in [-0.3, -0.25) is 9.89 Å². The number of methoxy groups -OCH3 is 1. The summed E-state index contributed by atoms with van der Waals surface area (Å²) >= 11 is 0. The van der Waals surface area contributed by atoms with Crippen molar-refractivity contribution < 1.29 is 14.3 Å². The number of hydrogen-bond donors (Lipinski definition) is 2. The highest BCUT2D eigenvalue weighted by atomic mass is 16.5. The highest BCUT2D eigenvalue weighted by molar-refractivity contribution is 5.92. The topological polar surface area (TPSA) is 81.2 Å². The summed E-state index contributed by atoms with van der Waals surface area (Å²) in [6.07, 6.45) is 0. The second-order valence-corrected chi connectivity index (χ2v) is 6.52. The van der Waals surface area contributed by atoms with Gasteiger partial charge in [0, 0.05) is 24.1 Å². The molecule has 4 aromatic rings. The number of aromatic amines is 1. The fourth-order valence-corrected chi connectivity index (χ4v) is 3.29. The number of fused-ring (bicyclic) bond motifs is 1. The second kappa shape index (κ2) is 8.10. The van der Waals surface area contributed by atoms with Gasteiger partial charge in [-0.2, -0.15) is 5.10 Å². The van der Waals surface area contributed by atoms with E-state index in [9.17, 15) is 4.79 Å². The van der Waals surface area contributed by atoms with Gasteiger partial charge in [-0.25, -0.2) is 0 Å². The van der Waals surface area contributed by atoms with Gasteiger partial charge < -0.3 is 19.4 Å². The van der Waals surface area contributed by atoms with Crippen molar-refractivity contribution in [2.75, 3.05) is 19.0 Å². The molecule has 0 atom stereocenters. The Kier molecular flexibility index (Phi) is 5.20. The monoisotopic (exact) mass is 390 g/mol. The molecule has 0 spiro atoms. The first kappa shape index (κ1) is 18.6. The van der Waals surface area contributed by atoms with Crippen LogP contribution in [0.4, 0.5) is 5.82 Å². The predicted molar refractivity (Wildman–Crippen MR) is 112 cm³/mol. The largest absolute Gasteiger partial charge is 0.497 e. The van der Waals surface area contributed by atoms with Crippen molar-refractivity contribution >= 4 is 22.6 Å². The second-order valence-electron chi connectivity index (χ2n) is 6.52. The Morgan fingerprint density at radius 2 is 1.93 bits per heavy atom. The number of carbonyl (C=O) groups is 1. The highest BCUT2D eigenvalue weighted by Gasteiger charge is 2.14. The molecule has 1 amide bonds. The molecule has 0 aliphatic rings. The highest BCUT2D eigenvalue weighted by Crippen LogP contribution is 2.30. The third-order valence-corrected chi connectivity index (χ3v) is 4.66. The molecule has 4 rings (SSSR count). The van der Waals surface area contributed by atoms with Crippen LogP contribution in [0.15, 0.2) is 60.7 Å². The normalized spacial score (nSPS) is 10.8. The minimum atomic E-state index is -0.271. The average molecular weight is 390 g/mol. The lowest BCUT2D eigenvalue weighted by Crippen LogP contribution is -2.20. The number of amides is 1. The zero-order valence-corrected chi connectivity index (χ0v) is 16.3. The Morgan fingerprint density at radius 3 is 2.69 bits per heavy atom. The van der Waals surface area contributed by atoms with E-state index in [-0.39, 0.29) is 12.5 Å². The fraction of sp³-hybridized carbons (Fsp3) is 0.182. The van der Waals surface area contributed by atoms with Crippen LogP contribution in [0.25, 0.3) is 22.3 Å². The van der Waals surface area contributed by atoms with E-state index < -0.39 is 0 Å². The number of benzene rings is 2. The SMILES string of the molecule is CCn1c(-c2cc(NC(=O)COc3ccccc3)n[nH]2)cc2ccc(OC)cc21. The first-order chi connectivity index (χ1) is 14.2. The molecule has 0 radical (unpaired) electrons. The number of rotatable bonds is 7. The summed E-state index contributed by atoms with van der Waals surface area (Å²) in [5.41, 5.74) is 2.89. The first-order valence-corrected chi connectivity index (χ1v) is 9.38. The summed E-state index contributed by atoms with van der Waals surface area (Å²) in [7, 11) is 1.66. The Balaban J connectivity index is 1.50. The predicted octanol–water partition coefficient (Wildman–Crippen LogP) is 4.08. The molecule has 2 aromatic heterocycles. The summed E-state index contributed by atoms with van der Waals surface area (Å²) in [5, 5.41) is 11.1. The number of para-hydroxylation sites is 1. The van der Waals surface area contributed by atoms with Gasteiger partial charge in [-0.05, 0) is 37.3 Å². The van der Waals surface area contributed by atoms with E-state index in [2.05, 4.69) is 33.1 Å². The number of H-pyrrole nitrogens is 1. The molecule has 2 N–H and O–H groups in total. The van der Waals surface area contributed by atoms with Crippen LogP contribution in [-0.4, -0.2) is 34.4 Å². The van der Waals surface area contributed by atoms with Crippen LogP contribution >= 0.6 is 0 Å². The van der Waals surface area contributed by atoms with Crippen LogP contribution in [-0.2, 0) is 11.3 Å². The lowest BCUT2D eigenvalue weighted by Gasteiger charge is -2.07. The summed E-state index contributed by atoms with van der Waals surface area (Å²) < 4.78 is 13.0. The molecule has 29 heavy (non-hydrogen) atoms. The van der Waals surface area contributed by atoms with Crippen LogP contribution in [0.1, 0.15) is 6.92 Å². The fourth-order valence-electron chi connectivity index (χ4n) is 3.29. The van der Waals surface area contributed by atoms with Crippen LogP contribution in [0.3, 0.4) is 0 Å². The summed E-state index contributed by atoms with van der Waals surface area (Å²) in [5.74, 6) is 1.64. The summed E-state index contributed by atoms with van der Waals surface area (Å²) in [6, 6.07) is 19.1. The zero-order chi connectivity index (χ0) is 20.2. The van der Waals surface area contributed by atoms with Gasteiger partial charge in [0.25, 0.3) is 5.91 Å². The van der Waals surface area contributed by atoms with Crippen molar-refractivity contribution in [3.05, 3.63) is 60.7 Å². The number of hydrogen-bond acceptors (Lipinski definition) is 4. The van der Waals surface area contributed by atoms with Gasteiger partial charge in [0.2, 0.25) is 0 Å². The molecule has 0 saturated carbocycles. The Hall–Kier alpha value is -3.74. The summed E-state index contributed by atoms with van der Waals surface area (Å²) in [6.45, 7) is 2.79. The molecule has 0 fully saturated rings. The van der Waals surface area contributed by atoms with Gasteiger partial charge in [-0.15, -0.1) is 0 Å². The average Bonchev–Trinajstić information content (AvgIpc) is 3.36. The molecule has 2 heterocycles. The molecular weight excluding hydrogens is 368 g/mol. The number of aromatic nitrogens is 3. The number of ether oxygens (including phenoxy) is 2. The van der Waals surface area contributed by atoms with E-state index in [1.807, 2.05) is 42.5 Å². The van der Waals surface area contributed by atoms with E-state index in [0.29, 0.717) is 11.6 Å². The van der Waals surface area contributed by atoms with Crippen LogP contribution in [0, 0.1) is 0 Å². The van der Waals surface area contributed by atoms with Gasteiger partial charge in [-0.1, -0.05) is 18.2 Å². The Bertz CT molecular complexity index is 1130. The first-order valence-electron chi connectivity index (χ1n) is 9.38. The maximum Gasteiger partial charge on any atom is 0.263 e. The van der Waals surface area contributed by atoms with E-state index in [4.69, 9.17) is 9.47 Å². The van der Waals surface area contributed by atoms with Crippen LogP contribution < -0.4 is 14.8 Å². The van der Waals surface area contributed by atoms with Crippen molar-refractivity contribution in [1.82, 2.24) is 14.8 Å². The number of carbonyl (C=O) groups excluding carboxylic acids is 1. The molecule has 2 aromatic carbocycles. The standard InChI is InChI=1S/C22H22N4O3/c1-3-26-19-12-17(28-2)10-9-15(19)11-20(26)18-13-21(25-24-18)23-22(27)14-29-16-7-5-4-6-8-16/h4-13H,3,14H2,1-2H3,(H2,23,24,25,27). The minimum absolute atomic E-state index is 0.0821. The van der Waals surface area contributed by atoms with Crippen molar-refractivity contribution in [1.29, 1.82) is 0 Å². The van der Waals surface area contributed by atoms with E-state index in [0.717, 1.165) is 34.6 Å². The number of nitrogens with one attached hydrogen (secondary N) is 2. The number of anilines is 1. The van der Waals surface area contributed by atoms with Gasteiger partial charge in [0.1, 0.15) is 11.5 Å². The molecule has 0 aliphatic carbocycles. The zero-order valence-electron chi connectivity index (χ0n) is 16.3. The van der Waals surface area contributed by atoms with Crippen LogP contribution in [0.5, 0.6) is 11.5 Å². The quantitative estimate of drug-likeness (QED) is 0.498. The molecule has 7 nitrogen and oxygen atoms in total. The Morgan fingerprint density at radius 1 is 1.10 bits per heavy atom. The van der Waals surface area contributed by atoms with E-state index in [1.54, 1.807) is 19.2 Å². The van der Waals surface area contributed by atoms with Gasteiger partial charge in [0.15, 0.2) is 12.4 Å².